The second-order valence-corrected chi connectivity index (χ2v) is 4.22. The maximum absolute atomic E-state index is 12.8. The largest absolute Gasteiger partial charge is 0.466 e. The molecule has 114 valence electrons. The van der Waals surface area contributed by atoms with Gasteiger partial charge >= 0.3 is 12.1 Å². The Morgan fingerprint density at radius 1 is 1.45 bits per heavy atom. The minimum absolute atomic E-state index is 0. The van der Waals surface area contributed by atoms with Crippen LogP contribution in [0.15, 0.2) is 18.2 Å². The summed E-state index contributed by atoms with van der Waals surface area (Å²) in [7, 11) is 0. The number of benzene rings is 1. The summed E-state index contributed by atoms with van der Waals surface area (Å²) in [6.45, 7) is 1.74. The Morgan fingerprint density at radius 3 is 2.55 bits per heavy atom. The molecule has 0 aliphatic rings. The number of carbonyl (C=O) groups is 1. The van der Waals surface area contributed by atoms with Crippen molar-refractivity contribution in [1.82, 2.24) is 0 Å². The van der Waals surface area contributed by atoms with Crippen LogP contribution in [0.2, 0.25) is 5.02 Å². The molecule has 3 nitrogen and oxygen atoms in total. The molecule has 1 aromatic rings. The second-order valence-electron chi connectivity index (χ2n) is 3.81. The fourth-order valence-electron chi connectivity index (χ4n) is 1.66. The predicted molar refractivity (Wildman–Crippen MR) is 71.9 cm³/mol. The van der Waals surface area contributed by atoms with Gasteiger partial charge in [0.2, 0.25) is 0 Å². The molecule has 0 radical (unpaired) electrons. The number of ether oxygens (including phenoxy) is 1. The zero-order valence-corrected chi connectivity index (χ0v) is 12.1. The van der Waals surface area contributed by atoms with Gasteiger partial charge in [-0.2, -0.15) is 13.2 Å². The number of hydrogen-bond acceptors (Lipinski definition) is 3. The summed E-state index contributed by atoms with van der Waals surface area (Å²) in [4.78, 5) is 11.3. The summed E-state index contributed by atoms with van der Waals surface area (Å²) in [5.74, 6) is -0.664. The predicted octanol–water partition coefficient (Wildman–Crippen LogP) is 3.73. The molecule has 0 saturated heterocycles. The van der Waals surface area contributed by atoms with E-state index in [0.29, 0.717) is 0 Å². The average Bonchev–Trinajstić information content (AvgIpc) is 2.27. The lowest BCUT2D eigenvalue weighted by atomic mass is 9.98. The molecular formula is C12H14Cl2F3NO2. The molecule has 0 aliphatic carbocycles. The van der Waals surface area contributed by atoms with Gasteiger partial charge < -0.3 is 10.5 Å². The fourth-order valence-corrected chi connectivity index (χ4v) is 1.98. The highest BCUT2D eigenvalue weighted by molar-refractivity contribution is 6.31. The van der Waals surface area contributed by atoms with Gasteiger partial charge in [-0.1, -0.05) is 17.7 Å². The molecule has 0 heterocycles. The van der Waals surface area contributed by atoms with E-state index in [1.165, 1.54) is 12.1 Å². The van der Waals surface area contributed by atoms with Crippen LogP contribution in [0.4, 0.5) is 13.2 Å². The highest BCUT2D eigenvalue weighted by Crippen LogP contribution is 2.38. The van der Waals surface area contributed by atoms with Crippen LogP contribution in [0.5, 0.6) is 0 Å². The molecule has 0 aromatic heterocycles. The van der Waals surface area contributed by atoms with E-state index in [-0.39, 0.29) is 36.0 Å². The second kappa shape index (κ2) is 7.71. The van der Waals surface area contributed by atoms with Crippen molar-refractivity contribution in [3.63, 3.8) is 0 Å². The summed E-state index contributed by atoms with van der Waals surface area (Å²) in [5, 5.41) is -0.119. The maximum Gasteiger partial charge on any atom is 0.416 e. The Morgan fingerprint density at radius 2 is 2.05 bits per heavy atom. The van der Waals surface area contributed by atoms with Gasteiger partial charge in [-0.05, 0) is 19.1 Å². The zero-order chi connectivity index (χ0) is 14.6. The molecule has 2 N–H and O–H groups in total. The molecule has 0 bridgehead atoms. The summed E-state index contributed by atoms with van der Waals surface area (Å²) >= 11 is 5.76. The van der Waals surface area contributed by atoms with Gasteiger partial charge in [0.15, 0.2) is 0 Å². The first-order chi connectivity index (χ1) is 8.77. The Kier molecular flexibility index (Phi) is 7.33. The van der Waals surface area contributed by atoms with Crippen LogP contribution < -0.4 is 5.73 Å². The molecule has 8 heteroatoms. The highest BCUT2D eigenvalue weighted by atomic mass is 35.5. The quantitative estimate of drug-likeness (QED) is 0.855. The first-order valence-electron chi connectivity index (χ1n) is 5.54. The van der Waals surface area contributed by atoms with Crippen molar-refractivity contribution in [2.75, 3.05) is 6.61 Å². The van der Waals surface area contributed by atoms with Crippen LogP contribution in [0.25, 0.3) is 0 Å². The average molecular weight is 332 g/mol. The van der Waals surface area contributed by atoms with Gasteiger partial charge in [0.05, 0.1) is 18.6 Å². The van der Waals surface area contributed by atoms with Gasteiger partial charge in [0, 0.05) is 16.6 Å². The summed E-state index contributed by atoms with van der Waals surface area (Å²) < 4.78 is 43.2. The third-order valence-electron chi connectivity index (χ3n) is 2.42. The Hall–Kier alpha value is -0.980. The van der Waals surface area contributed by atoms with E-state index in [0.717, 1.165) is 6.07 Å². The van der Waals surface area contributed by atoms with Gasteiger partial charge in [-0.15, -0.1) is 12.4 Å². The molecule has 0 spiro atoms. The molecule has 1 rings (SSSR count). The van der Waals surface area contributed by atoms with Crippen molar-refractivity contribution in [1.29, 1.82) is 0 Å². The lowest BCUT2D eigenvalue weighted by molar-refractivity contribution is -0.144. The molecule has 1 aromatic carbocycles. The Balaban J connectivity index is 0.00000361. The zero-order valence-electron chi connectivity index (χ0n) is 10.5. The molecule has 0 fully saturated rings. The molecule has 0 amide bonds. The summed E-state index contributed by atoms with van der Waals surface area (Å²) in [6, 6.07) is 2.21. The van der Waals surface area contributed by atoms with E-state index >= 15 is 0 Å². The molecule has 0 saturated carbocycles. The number of halogens is 5. The van der Waals surface area contributed by atoms with Gasteiger partial charge in [-0.3, -0.25) is 4.79 Å². The SMILES string of the molecule is CCOC(=O)C[C@@H](N)c1c(Cl)cccc1C(F)(F)F.Cl. The van der Waals surface area contributed by atoms with Crippen LogP contribution in [0.1, 0.15) is 30.5 Å². The molecular weight excluding hydrogens is 318 g/mol. The molecule has 0 unspecified atom stereocenters. The minimum atomic E-state index is -4.58. The normalized spacial score (nSPS) is 12.5. The number of carbonyl (C=O) groups excluding carboxylic acids is 1. The number of rotatable bonds is 4. The number of alkyl halides is 3. The van der Waals surface area contributed by atoms with E-state index in [1.807, 2.05) is 0 Å². The van der Waals surface area contributed by atoms with Crippen molar-refractivity contribution < 1.29 is 22.7 Å². The Bertz CT molecular complexity index is 467. The van der Waals surface area contributed by atoms with Crippen LogP contribution in [-0.4, -0.2) is 12.6 Å². The molecule has 0 aliphatic heterocycles. The van der Waals surface area contributed by atoms with Crippen LogP contribution in [0, 0.1) is 0 Å². The summed E-state index contributed by atoms with van der Waals surface area (Å²) in [6.07, 6.45) is -4.94. The van der Waals surface area contributed by atoms with Crippen molar-refractivity contribution in [2.24, 2.45) is 5.73 Å². The summed E-state index contributed by atoms with van der Waals surface area (Å²) in [5.41, 5.74) is 4.42. The lowest BCUT2D eigenvalue weighted by Crippen LogP contribution is -2.21. The number of nitrogens with two attached hydrogens (primary N) is 1. The lowest BCUT2D eigenvalue weighted by Gasteiger charge is -2.19. The van der Waals surface area contributed by atoms with E-state index in [9.17, 15) is 18.0 Å². The smallest absolute Gasteiger partial charge is 0.416 e. The topological polar surface area (TPSA) is 52.3 Å². The third-order valence-corrected chi connectivity index (χ3v) is 2.75. The minimum Gasteiger partial charge on any atom is -0.466 e. The van der Waals surface area contributed by atoms with E-state index in [1.54, 1.807) is 6.92 Å². The van der Waals surface area contributed by atoms with Crippen molar-refractivity contribution >= 4 is 30.0 Å². The number of esters is 1. The van der Waals surface area contributed by atoms with Crippen LogP contribution in [-0.2, 0) is 15.7 Å². The monoisotopic (exact) mass is 331 g/mol. The van der Waals surface area contributed by atoms with E-state index in [4.69, 9.17) is 17.3 Å². The van der Waals surface area contributed by atoms with Crippen LogP contribution in [0.3, 0.4) is 0 Å². The van der Waals surface area contributed by atoms with Crippen LogP contribution >= 0.6 is 24.0 Å². The fraction of sp³-hybridized carbons (Fsp3) is 0.417. The van der Waals surface area contributed by atoms with E-state index < -0.39 is 23.8 Å². The highest BCUT2D eigenvalue weighted by Gasteiger charge is 2.36. The van der Waals surface area contributed by atoms with Crippen molar-refractivity contribution in [3.05, 3.63) is 34.3 Å². The van der Waals surface area contributed by atoms with Gasteiger partial charge in [0.1, 0.15) is 0 Å². The Labute approximate surface area is 125 Å². The first kappa shape index (κ1) is 19.0. The standard InChI is InChI=1S/C12H13ClF3NO2.ClH/c1-2-19-10(18)6-9(17)11-7(12(14,15)16)4-3-5-8(11)13;/h3-5,9H,2,6,17H2,1H3;1H/t9-;/m1./s1. The molecule has 1 atom stereocenters. The van der Waals surface area contributed by atoms with E-state index in [2.05, 4.69) is 4.74 Å². The third kappa shape index (κ3) is 4.85. The first-order valence-corrected chi connectivity index (χ1v) is 5.92. The van der Waals surface area contributed by atoms with Crippen molar-refractivity contribution in [2.45, 2.75) is 25.6 Å². The van der Waals surface area contributed by atoms with Crippen molar-refractivity contribution in [3.8, 4) is 0 Å². The maximum atomic E-state index is 12.8. The van der Waals surface area contributed by atoms with Gasteiger partial charge in [0.25, 0.3) is 0 Å². The van der Waals surface area contributed by atoms with Gasteiger partial charge in [-0.25, -0.2) is 0 Å². The number of hydrogen-bond donors (Lipinski definition) is 1. The molecule has 20 heavy (non-hydrogen) atoms.